The molecule has 5 nitrogen and oxygen atoms in total. The molecule has 0 unspecified atom stereocenters. The van der Waals surface area contributed by atoms with Crippen LogP contribution < -0.4 is 10.5 Å². The third kappa shape index (κ3) is 2.80. The molecular formula is C10H12F2N2O3. The number of methoxy groups -OCH3 is 2. The number of halogens is 2. The molecule has 0 aliphatic heterocycles. The summed E-state index contributed by atoms with van der Waals surface area (Å²) in [5.74, 6) is -0.505. The number of carbonyl (C=O) groups is 1. The number of nitrogens with two attached hydrogens (primary N) is 1. The lowest BCUT2D eigenvalue weighted by molar-refractivity contribution is -0.139. The van der Waals surface area contributed by atoms with Gasteiger partial charge in [0.2, 0.25) is 0 Å². The Morgan fingerprint density at radius 3 is 2.65 bits per heavy atom. The van der Waals surface area contributed by atoms with Gasteiger partial charge in [-0.3, -0.25) is 9.78 Å². The van der Waals surface area contributed by atoms with E-state index in [2.05, 4.69) is 9.72 Å². The molecule has 0 saturated carbocycles. The molecule has 0 fully saturated rings. The molecule has 1 heterocycles. The van der Waals surface area contributed by atoms with Gasteiger partial charge >= 0.3 is 5.97 Å². The normalized spacial score (nSPS) is 10.4. The Bertz CT molecular complexity index is 424. The molecule has 0 spiro atoms. The van der Waals surface area contributed by atoms with E-state index in [-0.39, 0.29) is 17.9 Å². The third-order valence-corrected chi connectivity index (χ3v) is 2.14. The highest BCUT2D eigenvalue weighted by Crippen LogP contribution is 2.33. The van der Waals surface area contributed by atoms with E-state index in [1.165, 1.54) is 14.2 Å². The number of aromatic nitrogens is 1. The van der Waals surface area contributed by atoms with Crippen molar-refractivity contribution in [3.63, 3.8) is 0 Å². The van der Waals surface area contributed by atoms with E-state index in [1.54, 1.807) is 0 Å². The molecule has 0 aromatic carbocycles. The molecule has 0 atom stereocenters. The van der Waals surface area contributed by atoms with Gasteiger partial charge in [0, 0.05) is 11.8 Å². The van der Waals surface area contributed by atoms with E-state index in [4.69, 9.17) is 10.5 Å². The van der Waals surface area contributed by atoms with Crippen molar-refractivity contribution in [1.82, 2.24) is 4.98 Å². The van der Waals surface area contributed by atoms with Gasteiger partial charge < -0.3 is 15.2 Å². The molecule has 0 aliphatic carbocycles. The van der Waals surface area contributed by atoms with Gasteiger partial charge in [0.15, 0.2) is 0 Å². The lowest BCUT2D eigenvalue weighted by atomic mass is 10.1. The third-order valence-electron chi connectivity index (χ3n) is 2.14. The Hall–Kier alpha value is -1.92. The van der Waals surface area contributed by atoms with Crippen molar-refractivity contribution >= 4 is 11.7 Å². The summed E-state index contributed by atoms with van der Waals surface area (Å²) in [6.07, 6.45) is -1.80. The van der Waals surface area contributed by atoms with E-state index in [0.717, 1.165) is 6.20 Å². The first-order valence-corrected chi connectivity index (χ1v) is 4.67. The molecule has 17 heavy (non-hydrogen) atoms. The van der Waals surface area contributed by atoms with Crippen LogP contribution in [0.4, 0.5) is 14.5 Å². The number of esters is 1. The highest BCUT2D eigenvalue weighted by atomic mass is 19.3. The largest absolute Gasteiger partial charge is 0.494 e. The van der Waals surface area contributed by atoms with Gasteiger partial charge in [0.1, 0.15) is 17.1 Å². The first kappa shape index (κ1) is 13.1. The van der Waals surface area contributed by atoms with Crippen LogP contribution >= 0.6 is 0 Å². The van der Waals surface area contributed by atoms with Crippen LogP contribution in [0.15, 0.2) is 6.20 Å². The number of alkyl halides is 2. The summed E-state index contributed by atoms with van der Waals surface area (Å²) < 4.78 is 34.4. The lowest BCUT2D eigenvalue weighted by Crippen LogP contribution is -2.10. The average molecular weight is 246 g/mol. The standard InChI is InChI=1S/C10H12F2N2O3/c1-16-6(15)3-5-4-14-8(10(11)12)7(13)9(5)17-2/h4,10H,3,13H2,1-2H3. The molecule has 0 amide bonds. The fourth-order valence-electron chi connectivity index (χ4n) is 1.33. The molecule has 1 aromatic rings. The summed E-state index contributed by atoms with van der Waals surface area (Å²) in [5, 5.41) is 0. The summed E-state index contributed by atoms with van der Waals surface area (Å²) in [7, 11) is 2.50. The van der Waals surface area contributed by atoms with Crippen LogP contribution in [0.25, 0.3) is 0 Å². The van der Waals surface area contributed by atoms with Crippen molar-refractivity contribution in [2.45, 2.75) is 12.8 Å². The predicted octanol–water partition coefficient (Wildman–Crippen LogP) is 1.33. The Labute approximate surface area is 96.5 Å². The monoisotopic (exact) mass is 246 g/mol. The summed E-state index contributed by atoms with van der Waals surface area (Å²) in [5.41, 5.74) is 4.98. The maximum Gasteiger partial charge on any atom is 0.310 e. The quantitative estimate of drug-likeness (QED) is 0.811. The second-order valence-electron chi connectivity index (χ2n) is 3.17. The molecule has 94 valence electrons. The van der Waals surface area contributed by atoms with E-state index in [9.17, 15) is 13.6 Å². The first-order chi connectivity index (χ1) is 8.01. The summed E-state index contributed by atoms with van der Waals surface area (Å²) in [6, 6.07) is 0. The van der Waals surface area contributed by atoms with Crippen LogP contribution in [0, 0.1) is 0 Å². The van der Waals surface area contributed by atoms with Crippen LogP contribution in [0.2, 0.25) is 0 Å². The Morgan fingerprint density at radius 1 is 1.53 bits per heavy atom. The Morgan fingerprint density at radius 2 is 2.18 bits per heavy atom. The van der Waals surface area contributed by atoms with Gasteiger partial charge in [-0.2, -0.15) is 0 Å². The molecule has 0 radical (unpaired) electrons. The van der Waals surface area contributed by atoms with Crippen LogP contribution in [0.1, 0.15) is 17.7 Å². The van der Waals surface area contributed by atoms with Gasteiger partial charge in [-0.1, -0.05) is 0 Å². The second kappa shape index (κ2) is 5.42. The average Bonchev–Trinajstić information content (AvgIpc) is 2.28. The smallest absolute Gasteiger partial charge is 0.310 e. The van der Waals surface area contributed by atoms with E-state index in [1.807, 2.05) is 0 Å². The molecular weight excluding hydrogens is 234 g/mol. The van der Waals surface area contributed by atoms with Crippen molar-refractivity contribution in [2.75, 3.05) is 20.0 Å². The molecule has 0 aliphatic rings. The van der Waals surface area contributed by atoms with E-state index >= 15 is 0 Å². The van der Waals surface area contributed by atoms with Gasteiger partial charge in [-0.05, 0) is 0 Å². The molecule has 1 rings (SSSR count). The molecule has 1 aromatic heterocycles. The van der Waals surface area contributed by atoms with Crippen molar-refractivity contribution in [3.8, 4) is 5.75 Å². The lowest BCUT2D eigenvalue weighted by Gasteiger charge is -2.12. The maximum atomic E-state index is 12.5. The second-order valence-corrected chi connectivity index (χ2v) is 3.17. The first-order valence-electron chi connectivity index (χ1n) is 4.67. The molecule has 0 saturated heterocycles. The zero-order valence-corrected chi connectivity index (χ0v) is 9.37. The summed E-state index contributed by atoms with van der Waals surface area (Å²) in [6.45, 7) is 0. The van der Waals surface area contributed by atoms with Crippen LogP contribution in [0.3, 0.4) is 0 Å². The zero-order chi connectivity index (χ0) is 13.0. The number of nitrogens with zero attached hydrogens (tertiary/aromatic N) is 1. The van der Waals surface area contributed by atoms with Crippen molar-refractivity contribution in [2.24, 2.45) is 0 Å². The van der Waals surface area contributed by atoms with Gasteiger partial charge in [0.25, 0.3) is 6.43 Å². The number of rotatable bonds is 4. The number of pyridine rings is 1. The van der Waals surface area contributed by atoms with Crippen molar-refractivity contribution in [3.05, 3.63) is 17.5 Å². The number of hydrogen-bond acceptors (Lipinski definition) is 5. The summed E-state index contributed by atoms with van der Waals surface area (Å²) >= 11 is 0. The van der Waals surface area contributed by atoms with Crippen molar-refractivity contribution < 1.29 is 23.0 Å². The Balaban J connectivity index is 3.16. The number of nitrogen functional groups attached to an aromatic ring is 1. The predicted molar refractivity (Wildman–Crippen MR) is 55.9 cm³/mol. The molecule has 7 heteroatoms. The minimum atomic E-state index is -2.80. The van der Waals surface area contributed by atoms with Crippen LogP contribution in [-0.4, -0.2) is 25.2 Å². The number of hydrogen-bond donors (Lipinski definition) is 1. The van der Waals surface area contributed by atoms with Gasteiger partial charge in [-0.15, -0.1) is 0 Å². The number of anilines is 1. The van der Waals surface area contributed by atoms with E-state index < -0.39 is 18.1 Å². The zero-order valence-electron chi connectivity index (χ0n) is 9.37. The SMILES string of the molecule is COC(=O)Cc1cnc(C(F)F)c(N)c1OC. The molecule has 2 N–H and O–H groups in total. The number of ether oxygens (including phenoxy) is 2. The van der Waals surface area contributed by atoms with Crippen LogP contribution in [-0.2, 0) is 16.0 Å². The highest BCUT2D eigenvalue weighted by molar-refractivity contribution is 5.75. The van der Waals surface area contributed by atoms with Crippen LogP contribution in [0.5, 0.6) is 5.75 Å². The van der Waals surface area contributed by atoms with E-state index in [0.29, 0.717) is 5.56 Å². The van der Waals surface area contributed by atoms with Crippen molar-refractivity contribution in [1.29, 1.82) is 0 Å². The maximum absolute atomic E-state index is 12.5. The Kier molecular flexibility index (Phi) is 4.19. The number of carbonyl (C=O) groups excluding carboxylic acids is 1. The summed E-state index contributed by atoms with van der Waals surface area (Å²) in [4.78, 5) is 14.6. The van der Waals surface area contributed by atoms with Gasteiger partial charge in [0.05, 0.1) is 20.6 Å². The minimum absolute atomic E-state index is 0.0284. The topological polar surface area (TPSA) is 74.4 Å². The minimum Gasteiger partial charge on any atom is -0.494 e. The fourth-order valence-corrected chi connectivity index (χ4v) is 1.33. The fraction of sp³-hybridized carbons (Fsp3) is 0.400. The van der Waals surface area contributed by atoms with Gasteiger partial charge in [-0.25, -0.2) is 8.78 Å². The highest BCUT2D eigenvalue weighted by Gasteiger charge is 2.20. The molecule has 0 bridgehead atoms.